The highest BCUT2D eigenvalue weighted by atomic mass is 19.1. The molecule has 1 aliphatic rings. The highest BCUT2D eigenvalue weighted by molar-refractivity contribution is 5.95. The van der Waals surface area contributed by atoms with Crippen molar-refractivity contribution in [3.63, 3.8) is 0 Å². The predicted octanol–water partition coefficient (Wildman–Crippen LogP) is 2.40. The van der Waals surface area contributed by atoms with Crippen molar-refractivity contribution in [3.8, 4) is 11.8 Å². The number of halogens is 1. The molecule has 3 nitrogen and oxygen atoms in total. The molecular weight excluding hydrogens is 267 g/mol. The molecule has 0 aliphatic carbocycles. The van der Waals surface area contributed by atoms with Crippen LogP contribution in [0.4, 0.5) is 4.39 Å². The molecule has 1 amide bonds. The smallest absolute Gasteiger partial charge is 0.256 e. The normalized spacial score (nSPS) is 15.5. The summed E-state index contributed by atoms with van der Waals surface area (Å²) in [7, 11) is 0. The van der Waals surface area contributed by atoms with E-state index in [0.717, 1.165) is 19.3 Å². The Labute approximate surface area is 125 Å². The van der Waals surface area contributed by atoms with E-state index in [1.54, 1.807) is 11.0 Å². The Hall–Kier alpha value is -1.86. The maximum atomic E-state index is 13.9. The highest BCUT2D eigenvalue weighted by Gasteiger charge is 2.24. The quantitative estimate of drug-likeness (QED) is 0.849. The van der Waals surface area contributed by atoms with Crippen molar-refractivity contribution in [1.82, 2.24) is 4.90 Å². The monoisotopic (exact) mass is 288 g/mol. The summed E-state index contributed by atoms with van der Waals surface area (Å²) in [6.45, 7) is 3.82. The summed E-state index contributed by atoms with van der Waals surface area (Å²) in [5.74, 6) is 5.50. The average molecular weight is 288 g/mol. The van der Waals surface area contributed by atoms with E-state index in [1.165, 1.54) is 12.1 Å². The Morgan fingerprint density at radius 1 is 1.43 bits per heavy atom. The van der Waals surface area contributed by atoms with Crippen molar-refractivity contribution in [3.05, 3.63) is 35.1 Å². The molecule has 21 heavy (non-hydrogen) atoms. The first-order chi connectivity index (χ1) is 10.2. The summed E-state index contributed by atoms with van der Waals surface area (Å²) in [6, 6.07) is 4.39. The van der Waals surface area contributed by atoms with Crippen LogP contribution in [0.25, 0.3) is 0 Å². The van der Waals surface area contributed by atoms with Gasteiger partial charge in [0, 0.05) is 18.7 Å². The molecule has 0 spiro atoms. The minimum absolute atomic E-state index is 0.105. The van der Waals surface area contributed by atoms with Crippen molar-refractivity contribution in [2.75, 3.05) is 19.6 Å². The minimum atomic E-state index is -0.490. The topological polar surface area (TPSA) is 46.3 Å². The molecule has 112 valence electrons. The Bertz CT molecular complexity index is 566. The summed E-state index contributed by atoms with van der Waals surface area (Å²) in [5, 5.41) is 0. The molecule has 4 heteroatoms. The second-order valence-electron chi connectivity index (χ2n) is 5.34. The van der Waals surface area contributed by atoms with Crippen LogP contribution in [0, 0.1) is 23.6 Å². The number of hydrogen-bond acceptors (Lipinski definition) is 2. The molecule has 1 aromatic rings. The van der Waals surface area contributed by atoms with Crippen LogP contribution in [0.2, 0.25) is 0 Å². The van der Waals surface area contributed by atoms with E-state index < -0.39 is 5.82 Å². The number of amides is 1. The largest absolute Gasteiger partial charge is 0.339 e. The van der Waals surface area contributed by atoms with Crippen LogP contribution in [0.1, 0.15) is 42.1 Å². The number of hydrogen-bond donors (Lipinski definition) is 1. The lowest BCUT2D eigenvalue weighted by Gasteiger charge is -2.31. The SMILES string of the molecule is CCC1CCN(C(=O)c2cc(C#CCN)ccc2F)CC1. The van der Waals surface area contributed by atoms with E-state index in [2.05, 4.69) is 18.8 Å². The molecule has 2 rings (SSSR count). The van der Waals surface area contributed by atoms with Crippen LogP contribution < -0.4 is 5.73 Å². The standard InChI is InChI=1S/C17H21FN2O/c1-2-13-7-10-20(11-8-13)17(21)15-12-14(4-3-9-19)5-6-16(15)18/h5-6,12-13H,2,7-11,19H2,1H3. The van der Waals surface area contributed by atoms with E-state index in [9.17, 15) is 9.18 Å². The van der Waals surface area contributed by atoms with E-state index in [-0.39, 0.29) is 18.0 Å². The van der Waals surface area contributed by atoms with Crippen LogP contribution >= 0.6 is 0 Å². The number of rotatable bonds is 2. The highest BCUT2D eigenvalue weighted by Crippen LogP contribution is 2.22. The molecule has 0 atom stereocenters. The molecule has 0 radical (unpaired) electrons. The van der Waals surface area contributed by atoms with Gasteiger partial charge in [0.25, 0.3) is 5.91 Å². The Kier molecular flexibility index (Phi) is 5.35. The fourth-order valence-corrected chi connectivity index (χ4v) is 2.63. The average Bonchev–Trinajstić information content (AvgIpc) is 2.53. The van der Waals surface area contributed by atoms with Crippen molar-refractivity contribution >= 4 is 5.91 Å². The molecule has 1 aromatic carbocycles. The third-order valence-electron chi connectivity index (χ3n) is 4.01. The van der Waals surface area contributed by atoms with Gasteiger partial charge in [0.2, 0.25) is 0 Å². The molecule has 1 heterocycles. The van der Waals surface area contributed by atoms with Gasteiger partial charge in [-0.1, -0.05) is 25.2 Å². The second kappa shape index (κ2) is 7.24. The number of piperidine rings is 1. The molecule has 0 saturated carbocycles. The van der Waals surface area contributed by atoms with Gasteiger partial charge in [0.1, 0.15) is 5.82 Å². The summed E-state index contributed by atoms with van der Waals surface area (Å²) in [6.07, 6.45) is 3.13. The minimum Gasteiger partial charge on any atom is -0.339 e. The third kappa shape index (κ3) is 3.83. The van der Waals surface area contributed by atoms with E-state index >= 15 is 0 Å². The van der Waals surface area contributed by atoms with E-state index in [0.29, 0.717) is 24.6 Å². The Morgan fingerprint density at radius 2 is 2.14 bits per heavy atom. The summed E-state index contributed by atoms with van der Waals surface area (Å²) in [4.78, 5) is 14.2. The zero-order chi connectivity index (χ0) is 15.2. The molecule has 0 aromatic heterocycles. The third-order valence-corrected chi connectivity index (χ3v) is 4.01. The zero-order valence-electron chi connectivity index (χ0n) is 12.4. The number of nitrogens with zero attached hydrogens (tertiary/aromatic N) is 1. The van der Waals surface area contributed by atoms with Crippen molar-refractivity contribution in [2.24, 2.45) is 11.7 Å². The first-order valence-electron chi connectivity index (χ1n) is 7.43. The number of carbonyl (C=O) groups excluding carboxylic acids is 1. The van der Waals surface area contributed by atoms with Gasteiger partial charge in [0.05, 0.1) is 12.1 Å². The van der Waals surface area contributed by atoms with Crippen LogP contribution in [-0.2, 0) is 0 Å². The lowest BCUT2D eigenvalue weighted by atomic mass is 9.94. The molecule has 0 unspecified atom stereocenters. The molecule has 1 aliphatic heterocycles. The summed E-state index contributed by atoms with van der Waals surface area (Å²) < 4.78 is 13.9. The number of carbonyl (C=O) groups is 1. The fraction of sp³-hybridized carbons (Fsp3) is 0.471. The Morgan fingerprint density at radius 3 is 2.76 bits per heavy atom. The van der Waals surface area contributed by atoms with Gasteiger partial charge in [-0.05, 0) is 37.0 Å². The summed E-state index contributed by atoms with van der Waals surface area (Å²) >= 11 is 0. The van der Waals surface area contributed by atoms with Crippen LogP contribution in [-0.4, -0.2) is 30.4 Å². The van der Waals surface area contributed by atoms with Crippen LogP contribution in [0.15, 0.2) is 18.2 Å². The fourth-order valence-electron chi connectivity index (χ4n) is 2.63. The van der Waals surface area contributed by atoms with E-state index in [1.807, 2.05) is 0 Å². The molecule has 1 fully saturated rings. The van der Waals surface area contributed by atoms with Crippen molar-refractivity contribution in [2.45, 2.75) is 26.2 Å². The first-order valence-corrected chi connectivity index (χ1v) is 7.43. The van der Waals surface area contributed by atoms with Gasteiger partial charge in [-0.3, -0.25) is 4.79 Å². The van der Waals surface area contributed by atoms with E-state index in [4.69, 9.17) is 5.73 Å². The number of likely N-dealkylation sites (tertiary alicyclic amines) is 1. The van der Waals surface area contributed by atoms with Gasteiger partial charge >= 0.3 is 0 Å². The lowest BCUT2D eigenvalue weighted by molar-refractivity contribution is 0.0684. The second-order valence-corrected chi connectivity index (χ2v) is 5.34. The lowest BCUT2D eigenvalue weighted by Crippen LogP contribution is -2.38. The maximum absolute atomic E-state index is 13.9. The molecular formula is C17H21FN2O. The number of benzene rings is 1. The van der Waals surface area contributed by atoms with Crippen LogP contribution in [0.5, 0.6) is 0 Å². The molecule has 2 N–H and O–H groups in total. The van der Waals surface area contributed by atoms with Gasteiger partial charge in [-0.25, -0.2) is 4.39 Å². The predicted molar refractivity (Wildman–Crippen MR) is 81.3 cm³/mol. The first kappa shape index (κ1) is 15.5. The molecule has 1 saturated heterocycles. The van der Waals surface area contributed by atoms with Crippen molar-refractivity contribution in [1.29, 1.82) is 0 Å². The number of nitrogens with two attached hydrogens (primary N) is 1. The van der Waals surface area contributed by atoms with Gasteiger partial charge < -0.3 is 10.6 Å². The molecule has 0 bridgehead atoms. The van der Waals surface area contributed by atoms with Gasteiger partial charge in [0.15, 0.2) is 0 Å². The van der Waals surface area contributed by atoms with Gasteiger partial charge in [-0.15, -0.1) is 0 Å². The maximum Gasteiger partial charge on any atom is 0.256 e. The summed E-state index contributed by atoms with van der Waals surface area (Å²) in [5.41, 5.74) is 6.05. The zero-order valence-corrected chi connectivity index (χ0v) is 12.4. The van der Waals surface area contributed by atoms with Crippen molar-refractivity contribution < 1.29 is 9.18 Å². The van der Waals surface area contributed by atoms with Crippen LogP contribution in [0.3, 0.4) is 0 Å². The van der Waals surface area contributed by atoms with Gasteiger partial charge in [-0.2, -0.15) is 0 Å². The Balaban J connectivity index is 2.15.